The molecule has 2 saturated carbocycles. The summed E-state index contributed by atoms with van der Waals surface area (Å²) in [5, 5.41) is 26.6. The van der Waals surface area contributed by atoms with Crippen LogP contribution in [0.25, 0.3) is 11.3 Å². The van der Waals surface area contributed by atoms with Crippen LogP contribution < -0.4 is 10.6 Å². The SMILES string of the molecule is C[C@@H](COC1(C(=O)O)CC1)NC1CCC(Cc2cc(-c3cccc(NCC4(C#N)CCOCC4)n3)c(Cl)cn2)CC1. The van der Waals surface area contributed by atoms with Gasteiger partial charge in [0.25, 0.3) is 0 Å². The van der Waals surface area contributed by atoms with Gasteiger partial charge in [-0.25, -0.2) is 9.78 Å². The lowest BCUT2D eigenvalue weighted by molar-refractivity contribution is -0.154. The highest BCUT2D eigenvalue weighted by Crippen LogP contribution is 2.40. The third kappa shape index (κ3) is 7.55. The van der Waals surface area contributed by atoms with Crippen molar-refractivity contribution in [3.63, 3.8) is 0 Å². The molecule has 0 amide bonds. The number of nitrogens with one attached hydrogen (secondary N) is 2. The number of carboxylic acid groups (broad SMARTS) is 1. The molecule has 41 heavy (non-hydrogen) atoms. The molecule has 5 rings (SSSR count). The Morgan fingerprint density at radius 3 is 2.68 bits per heavy atom. The molecule has 3 aliphatic rings. The van der Waals surface area contributed by atoms with Gasteiger partial charge >= 0.3 is 5.97 Å². The Hall–Kier alpha value is -2.77. The minimum Gasteiger partial charge on any atom is -0.479 e. The highest BCUT2D eigenvalue weighted by Gasteiger charge is 2.52. The zero-order valence-corrected chi connectivity index (χ0v) is 24.5. The van der Waals surface area contributed by atoms with E-state index < -0.39 is 17.0 Å². The third-order valence-corrected chi connectivity index (χ3v) is 9.10. The van der Waals surface area contributed by atoms with E-state index in [1.165, 1.54) is 0 Å². The summed E-state index contributed by atoms with van der Waals surface area (Å²) in [6, 6.07) is 10.9. The Morgan fingerprint density at radius 2 is 2.00 bits per heavy atom. The van der Waals surface area contributed by atoms with Crippen molar-refractivity contribution in [2.45, 2.75) is 82.4 Å². The molecule has 10 heteroatoms. The first-order valence-corrected chi connectivity index (χ1v) is 15.2. The summed E-state index contributed by atoms with van der Waals surface area (Å²) >= 11 is 6.58. The average Bonchev–Trinajstić information content (AvgIpc) is 3.79. The Balaban J connectivity index is 1.13. The number of pyridine rings is 2. The number of carboxylic acids is 1. The lowest BCUT2D eigenvalue weighted by Gasteiger charge is -2.31. The maximum absolute atomic E-state index is 11.3. The summed E-state index contributed by atoms with van der Waals surface area (Å²) in [6.07, 6.45) is 9.62. The molecule has 1 atom stereocenters. The van der Waals surface area contributed by atoms with Gasteiger partial charge in [-0.1, -0.05) is 17.7 Å². The first-order valence-electron chi connectivity index (χ1n) is 14.8. The Kier molecular flexibility index (Phi) is 9.45. The molecule has 1 saturated heterocycles. The van der Waals surface area contributed by atoms with Crippen molar-refractivity contribution in [3.8, 4) is 17.3 Å². The summed E-state index contributed by atoms with van der Waals surface area (Å²) in [5.74, 6) is 0.424. The van der Waals surface area contributed by atoms with Gasteiger partial charge in [-0.05, 0) is 88.8 Å². The molecule has 2 aromatic heterocycles. The van der Waals surface area contributed by atoms with Crippen molar-refractivity contribution in [1.29, 1.82) is 5.26 Å². The number of nitriles is 1. The second-order valence-corrected chi connectivity index (χ2v) is 12.4. The van der Waals surface area contributed by atoms with E-state index in [0.29, 0.717) is 69.0 Å². The maximum Gasteiger partial charge on any atom is 0.335 e. The van der Waals surface area contributed by atoms with Crippen molar-refractivity contribution < 1.29 is 19.4 Å². The van der Waals surface area contributed by atoms with E-state index in [0.717, 1.165) is 54.9 Å². The maximum atomic E-state index is 11.3. The first-order chi connectivity index (χ1) is 19.8. The molecule has 3 fully saturated rings. The van der Waals surface area contributed by atoms with Crippen LogP contribution in [0.2, 0.25) is 5.02 Å². The van der Waals surface area contributed by atoms with Gasteiger partial charge < -0.3 is 25.2 Å². The highest BCUT2D eigenvalue weighted by atomic mass is 35.5. The molecule has 0 unspecified atom stereocenters. The Morgan fingerprint density at radius 1 is 1.24 bits per heavy atom. The lowest BCUT2D eigenvalue weighted by atomic mass is 9.82. The number of ether oxygens (including phenoxy) is 2. The van der Waals surface area contributed by atoms with Gasteiger partial charge in [0.05, 0.1) is 28.8 Å². The number of nitrogens with zero attached hydrogens (tertiary/aromatic N) is 3. The number of halogens is 1. The van der Waals surface area contributed by atoms with Gasteiger partial charge in [-0.15, -0.1) is 0 Å². The van der Waals surface area contributed by atoms with Gasteiger partial charge in [-0.3, -0.25) is 4.98 Å². The largest absolute Gasteiger partial charge is 0.479 e. The van der Waals surface area contributed by atoms with E-state index in [1.807, 2.05) is 18.2 Å². The van der Waals surface area contributed by atoms with Gasteiger partial charge in [-0.2, -0.15) is 5.26 Å². The smallest absolute Gasteiger partial charge is 0.335 e. The van der Waals surface area contributed by atoms with Gasteiger partial charge in [0, 0.05) is 49.3 Å². The summed E-state index contributed by atoms with van der Waals surface area (Å²) in [6.45, 7) is 4.24. The quantitative estimate of drug-likeness (QED) is 0.308. The second-order valence-electron chi connectivity index (χ2n) is 12.0. The lowest BCUT2D eigenvalue weighted by Crippen LogP contribution is -2.43. The molecule has 3 heterocycles. The van der Waals surface area contributed by atoms with E-state index in [1.54, 1.807) is 6.20 Å². The summed E-state index contributed by atoms with van der Waals surface area (Å²) in [5.41, 5.74) is 1.28. The zero-order valence-electron chi connectivity index (χ0n) is 23.7. The van der Waals surface area contributed by atoms with Crippen LogP contribution in [0.15, 0.2) is 30.5 Å². The molecule has 0 radical (unpaired) electrons. The minimum absolute atomic E-state index is 0.119. The van der Waals surface area contributed by atoms with Gasteiger partial charge in [0.1, 0.15) is 5.82 Å². The molecule has 0 bridgehead atoms. The standard InChI is InChI=1S/C31H40ClN5O4/c1-21(18-41-31(9-10-31)29(38)39)36-23-7-5-22(6-8-23)15-24-16-25(26(32)17-34-24)27-3-2-4-28(37-27)35-20-30(19-33)11-13-40-14-12-30/h2-4,16-17,21-23,36H,5-15,18,20H2,1H3,(H,35,37)(H,38,39)/t21-,22?,23?/m0/s1. The van der Waals surface area contributed by atoms with Crippen LogP contribution in [0.5, 0.6) is 0 Å². The summed E-state index contributed by atoms with van der Waals surface area (Å²) in [4.78, 5) is 20.8. The molecule has 1 aliphatic heterocycles. The first kappa shape index (κ1) is 29.7. The predicted octanol–water partition coefficient (Wildman–Crippen LogP) is 5.24. The van der Waals surface area contributed by atoms with Crippen molar-refractivity contribution in [1.82, 2.24) is 15.3 Å². The number of hydrogen-bond acceptors (Lipinski definition) is 8. The number of hydrogen-bond donors (Lipinski definition) is 3. The molecule has 2 aromatic rings. The topological polar surface area (TPSA) is 129 Å². The fourth-order valence-electron chi connectivity index (χ4n) is 5.92. The van der Waals surface area contributed by atoms with E-state index in [4.69, 9.17) is 26.1 Å². The Labute approximate surface area is 247 Å². The monoisotopic (exact) mass is 581 g/mol. The third-order valence-electron chi connectivity index (χ3n) is 8.80. The van der Waals surface area contributed by atoms with Crippen molar-refractivity contribution in [2.75, 3.05) is 31.7 Å². The van der Waals surface area contributed by atoms with Gasteiger partial charge in [0.15, 0.2) is 5.60 Å². The van der Waals surface area contributed by atoms with Crippen LogP contribution in [0.1, 0.15) is 64.0 Å². The van der Waals surface area contributed by atoms with Gasteiger partial charge in [0.2, 0.25) is 0 Å². The van der Waals surface area contributed by atoms with Crippen molar-refractivity contribution in [3.05, 3.63) is 41.2 Å². The van der Waals surface area contributed by atoms with Crippen LogP contribution in [-0.2, 0) is 20.7 Å². The fraction of sp³-hybridized carbons (Fsp3) is 0.613. The zero-order chi connectivity index (χ0) is 28.9. The average molecular weight is 582 g/mol. The Bertz CT molecular complexity index is 1250. The minimum atomic E-state index is -0.934. The molecule has 220 valence electrons. The number of anilines is 1. The summed E-state index contributed by atoms with van der Waals surface area (Å²) in [7, 11) is 0. The number of aromatic nitrogens is 2. The molecule has 0 aromatic carbocycles. The number of aliphatic carboxylic acids is 1. The van der Waals surface area contributed by atoms with E-state index in [9.17, 15) is 15.2 Å². The number of rotatable bonds is 12. The molecule has 2 aliphatic carbocycles. The predicted molar refractivity (Wildman–Crippen MR) is 157 cm³/mol. The molecular formula is C31H40ClN5O4. The molecule has 0 spiro atoms. The van der Waals surface area contributed by atoms with Crippen LogP contribution in [0.4, 0.5) is 5.82 Å². The van der Waals surface area contributed by atoms with E-state index in [2.05, 4.69) is 34.7 Å². The van der Waals surface area contributed by atoms with Crippen molar-refractivity contribution in [2.24, 2.45) is 11.3 Å². The van der Waals surface area contributed by atoms with E-state index in [-0.39, 0.29) is 6.04 Å². The fourth-order valence-corrected chi connectivity index (χ4v) is 6.12. The van der Waals surface area contributed by atoms with Crippen LogP contribution in [0, 0.1) is 22.7 Å². The molecular weight excluding hydrogens is 542 g/mol. The summed E-state index contributed by atoms with van der Waals surface area (Å²) < 4.78 is 11.2. The van der Waals surface area contributed by atoms with Crippen LogP contribution in [0.3, 0.4) is 0 Å². The van der Waals surface area contributed by atoms with Crippen LogP contribution >= 0.6 is 11.6 Å². The van der Waals surface area contributed by atoms with E-state index >= 15 is 0 Å². The normalized spacial score (nSPS) is 23.7. The second kappa shape index (κ2) is 13.0. The van der Waals surface area contributed by atoms with Crippen LogP contribution in [-0.4, -0.2) is 65.1 Å². The number of carbonyl (C=O) groups is 1. The highest BCUT2D eigenvalue weighted by molar-refractivity contribution is 6.33. The van der Waals surface area contributed by atoms with Crippen molar-refractivity contribution >= 4 is 23.4 Å². The molecule has 3 N–H and O–H groups in total. The molecule has 9 nitrogen and oxygen atoms in total.